The van der Waals surface area contributed by atoms with Gasteiger partial charge in [0.05, 0.1) is 0 Å². The zero-order valence-corrected chi connectivity index (χ0v) is 14.6. The summed E-state index contributed by atoms with van der Waals surface area (Å²) in [6.45, 7) is 7.69. The van der Waals surface area contributed by atoms with Crippen LogP contribution < -0.4 is 0 Å². The van der Waals surface area contributed by atoms with Crippen molar-refractivity contribution in [1.29, 1.82) is 0 Å². The lowest BCUT2D eigenvalue weighted by Crippen LogP contribution is -2.44. The van der Waals surface area contributed by atoms with Gasteiger partial charge in [-0.2, -0.15) is 0 Å². The highest BCUT2D eigenvalue weighted by Crippen LogP contribution is 2.60. The van der Waals surface area contributed by atoms with E-state index in [0.29, 0.717) is 0 Å². The molecule has 0 N–H and O–H groups in total. The molecule has 0 aromatic carbocycles. The molecule has 0 radical (unpaired) electrons. The van der Waals surface area contributed by atoms with Crippen LogP contribution in [0.15, 0.2) is 0 Å². The van der Waals surface area contributed by atoms with Crippen LogP contribution in [0.2, 0.25) is 0 Å². The summed E-state index contributed by atoms with van der Waals surface area (Å²) in [6, 6.07) is 0. The van der Waals surface area contributed by atoms with Gasteiger partial charge in [0, 0.05) is 0 Å². The van der Waals surface area contributed by atoms with Crippen molar-refractivity contribution < 1.29 is 0 Å². The van der Waals surface area contributed by atoms with Gasteiger partial charge in [-0.25, -0.2) is 0 Å². The van der Waals surface area contributed by atoms with Crippen molar-refractivity contribution in [3.05, 3.63) is 0 Å². The predicted molar refractivity (Wildman–Crippen MR) is 90.0 cm³/mol. The Hall–Kier alpha value is 0. The van der Waals surface area contributed by atoms with Gasteiger partial charge in [-0.1, -0.05) is 52.9 Å². The fraction of sp³-hybridized carbons (Fsp3) is 1.00. The average Bonchev–Trinajstić information content (AvgIpc) is 2.82. The first kappa shape index (κ1) is 14.6. The van der Waals surface area contributed by atoms with Crippen LogP contribution in [0.3, 0.4) is 0 Å². The molecule has 0 aromatic rings. The van der Waals surface area contributed by atoms with Crippen LogP contribution in [0.1, 0.15) is 78.6 Å². The third-order valence-electron chi connectivity index (χ3n) is 8.77. The van der Waals surface area contributed by atoms with Crippen molar-refractivity contribution >= 4 is 0 Å². The molecule has 0 heteroatoms. The monoisotopic (exact) mass is 288 g/mol. The Morgan fingerprint density at radius 1 is 0.714 bits per heavy atom. The van der Waals surface area contributed by atoms with Crippen molar-refractivity contribution in [1.82, 2.24) is 0 Å². The van der Waals surface area contributed by atoms with E-state index in [-0.39, 0.29) is 0 Å². The summed E-state index contributed by atoms with van der Waals surface area (Å²) in [5.74, 6) is 9.74. The van der Waals surface area contributed by atoms with Crippen molar-refractivity contribution in [3.8, 4) is 0 Å². The van der Waals surface area contributed by atoms with Crippen LogP contribution in [-0.4, -0.2) is 0 Å². The highest BCUT2D eigenvalue weighted by Gasteiger charge is 2.52. The minimum atomic E-state index is 1.01. The zero-order chi connectivity index (χ0) is 14.6. The van der Waals surface area contributed by atoms with Gasteiger partial charge in [0.1, 0.15) is 0 Å². The van der Waals surface area contributed by atoms with E-state index in [9.17, 15) is 0 Å². The Kier molecular flexibility index (Phi) is 3.87. The summed E-state index contributed by atoms with van der Waals surface area (Å²) in [6.07, 6.45) is 14.1. The largest absolute Gasteiger partial charge is 0.0651 e. The highest BCUT2D eigenvalue weighted by atomic mass is 14.6. The molecule has 9 atom stereocenters. The summed E-state index contributed by atoms with van der Waals surface area (Å²) >= 11 is 0. The SMILES string of the molecule is CCC1CC2CC3C[C@H]4CCCC[C@H]4CC3C(C)C2C1C. The van der Waals surface area contributed by atoms with E-state index in [1.807, 2.05) is 0 Å². The summed E-state index contributed by atoms with van der Waals surface area (Å²) in [5, 5.41) is 0. The molecule has 0 spiro atoms. The van der Waals surface area contributed by atoms with Crippen LogP contribution in [-0.2, 0) is 0 Å². The third kappa shape index (κ3) is 2.31. The molecular formula is C21H36. The van der Waals surface area contributed by atoms with Gasteiger partial charge in [0.2, 0.25) is 0 Å². The maximum Gasteiger partial charge on any atom is -0.0329 e. The molecular weight excluding hydrogens is 252 g/mol. The second kappa shape index (κ2) is 5.57. The van der Waals surface area contributed by atoms with Crippen molar-refractivity contribution in [2.45, 2.75) is 78.6 Å². The van der Waals surface area contributed by atoms with Crippen molar-refractivity contribution in [2.24, 2.45) is 53.3 Å². The minimum absolute atomic E-state index is 1.01. The molecule has 4 saturated carbocycles. The smallest absolute Gasteiger partial charge is 0.0329 e. The lowest BCUT2D eigenvalue weighted by atomic mass is 9.53. The van der Waals surface area contributed by atoms with E-state index >= 15 is 0 Å². The van der Waals surface area contributed by atoms with Crippen LogP contribution in [0.25, 0.3) is 0 Å². The van der Waals surface area contributed by atoms with Crippen LogP contribution in [0.5, 0.6) is 0 Å². The van der Waals surface area contributed by atoms with E-state index in [4.69, 9.17) is 0 Å². The van der Waals surface area contributed by atoms with Gasteiger partial charge >= 0.3 is 0 Å². The zero-order valence-electron chi connectivity index (χ0n) is 14.6. The van der Waals surface area contributed by atoms with Crippen molar-refractivity contribution in [2.75, 3.05) is 0 Å². The summed E-state index contributed by atoms with van der Waals surface area (Å²) in [7, 11) is 0. The fourth-order valence-corrected chi connectivity index (χ4v) is 7.80. The van der Waals surface area contributed by atoms with E-state index in [1.54, 1.807) is 38.5 Å². The minimum Gasteiger partial charge on any atom is -0.0651 e. The first-order valence-corrected chi connectivity index (χ1v) is 10.2. The Bertz CT molecular complexity index is 372. The number of hydrogen-bond acceptors (Lipinski definition) is 0. The molecule has 4 aliphatic rings. The molecule has 0 amide bonds. The van der Waals surface area contributed by atoms with Gasteiger partial charge in [0.25, 0.3) is 0 Å². The lowest BCUT2D eigenvalue weighted by molar-refractivity contribution is -0.0302. The van der Waals surface area contributed by atoms with Crippen LogP contribution in [0.4, 0.5) is 0 Å². The van der Waals surface area contributed by atoms with Gasteiger partial charge in [0.15, 0.2) is 0 Å². The van der Waals surface area contributed by atoms with Crippen LogP contribution in [0, 0.1) is 53.3 Å². The molecule has 4 rings (SSSR count). The Morgan fingerprint density at radius 3 is 2.10 bits per heavy atom. The number of rotatable bonds is 1. The highest BCUT2D eigenvalue weighted by molar-refractivity contribution is 5.01. The first-order valence-electron chi connectivity index (χ1n) is 10.2. The lowest BCUT2D eigenvalue weighted by Gasteiger charge is -2.52. The van der Waals surface area contributed by atoms with E-state index in [1.165, 1.54) is 19.3 Å². The molecule has 0 bridgehead atoms. The summed E-state index contributed by atoms with van der Waals surface area (Å²) in [5.41, 5.74) is 0. The summed E-state index contributed by atoms with van der Waals surface area (Å²) in [4.78, 5) is 0. The molecule has 4 aliphatic carbocycles. The average molecular weight is 289 g/mol. The normalized spacial score (nSPS) is 56.4. The van der Waals surface area contributed by atoms with Gasteiger partial charge in [-0.15, -0.1) is 0 Å². The van der Waals surface area contributed by atoms with E-state index in [0.717, 1.165) is 53.3 Å². The maximum absolute atomic E-state index is 2.66. The van der Waals surface area contributed by atoms with E-state index in [2.05, 4.69) is 20.8 Å². The molecule has 0 aromatic heterocycles. The first-order chi connectivity index (χ1) is 10.2. The quantitative estimate of drug-likeness (QED) is 0.542. The van der Waals surface area contributed by atoms with Gasteiger partial charge in [-0.05, 0) is 78.9 Å². The predicted octanol–water partition coefficient (Wildman–Crippen LogP) is 6.16. The Balaban J connectivity index is 1.53. The van der Waals surface area contributed by atoms with Gasteiger partial charge in [-0.3, -0.25) is 0 Å². The molecule has 0 heterocycles. The fourth-order valence-electron chi connectivity index (χ4n) is 7.80. The number of hydrogen-bond donors (Lipinski definition) is 0. The second-order valence-electron chi connectivity index (χ2n) is 9.40. The maximum atomic E-state index is 2.66. The van der Waals surface area contributed by atoms with E-state index < -0.39 is 0 Å². The molecule has 0 saturated heterocycles. The molecule has 4 fully saturated rings. The van der Waals surface area contributed by atoms with Crippen LogP contribution >= 0.6 is 0 Å². The molecule has 21 heavy (non-hydrogen) atoms. The van der Waals surface area contributed by atoms with Gasteiger partial charge < -0.3 is 0 Å². The topological polar surface area (TPSA) is 0 Å². The summed E-state index contributed by atoms with van der Waals surface area (Å²) < 4.78 is 0. The second-order valence-corrected chi connectivity index (χ2v) is 9.40. The third-order valence-corrected chi connectivity index (χ3v) is 8.77. The Morgan fingerprint density at radius 2 is 1.38 bits per heavy atom. The standard InChI is InChI=1S/C21H36/c1-4-15-9-19-11-18-10-16-7-5-6-8-17(16)12-20(18)14(3)21(19)13(15)2/h13-21H,4-12H2,1-3H3/t13?,14?,15?,16-,17+,18?,19?,20?,21?/m1/s1. The molecule has 0 nitrogen and oxygen atoms in total. The molecule has 7 unspecified atom stereocenters. The Labute approximate surface area is 132 Å². The molecule has 0 aliphatic heterocycles. The van der Waals surface area contributed by atoms with Crippen molar-refractivity contribution in [3.63, 3.8) is 0 Å². The molecule has 120 valence electrons. The number of fused-ring (bicyclic) bond motifs is 3.